The lowest BCUT2D eigenvalue weighted by Crippen LogP contribution is -2.30. The molecule has 2 aromatic rings. The highest BCUT2D eigenvalue weighted by Gasteiger charge is 2.12. The number of hydrogen-bond donors (Lipinski definition) is 0. The van der Waals surface area contributed by atoms with Crippen LogP contribution in [0, 0.1) is 24.0 Å². The van der Waals surface area contributed by atoms with Gasteiger partial charge in [-0.05, 0) is 48.7 Å². The minimum atomic E-state index is -0.661. The second kappa shape index (κ2) is 9.45. The number of ether oxygens (including phenoxy) is 1. The van der Waals surface area contributed by atoms with Gasteiger partial charge in [0.15, 0.2) is 6.61 Å². The van der Waals surface area contributed by atoms with Gasteiger partial charge in [0.1, 0.15) is 0 Å². The standard InChI is InChI=1S/C21H22N2O5/c1-15-4-8-18(16(2)12-15)13-22(3)20(24)14-28-21(25)11-7-17-5-9-19(10-6-17)23(26)27/h4-12H,13-14H2,1-3H3/b11-7+. The summed E-state index contributed by atoms with van der Waals surface area (Å²) < 4.78 is 4.97. The Bertz CT molecular complexity index is 904. The second-order valence-corrected chi connectivity index (χ2v) is 6.47. The minimum Gasteiger partial charge on any atom is -0.452 e. The Morgan fingerprint density at radius 2 is 1.82 bits per heavy atom. The number of nitro benzene ring substituents is 1. The van der Waals surface area contributed by atoms with E-state index in [1.165, 1.54) is 41.3 Å². The van der Waals surface area contributed by atoms with Crippen LogP contribution in [0.1, 0.15) is 22.3 Å². The lowest BCUT2D eigenvalue weighted by molar-refractivity contribution is -0.384. The molecule has 1 amide bonds. The monoisotopic (exact) mass is 382 g/mol. The number of nitrogens with zero attached hydrogens (tertiary/aromatic N) is 2. The second-order valence-electron chi connectivity index (χ2n) is 6.47. The topological polar surface area (TPSA) is 89.8 Å². The molecule has 0 atom stereocenters. The Labute approximate surface area is 163 Å². The van der Waals surface area contributed by atoms with Gasteiger partial charge in [-0.1, -0.05) is 23.8 Å². The fraction of sp³-hybridized carbons (Fsp3) is 0.238. The van der Waals surface area contributed by atoms with Crippen LogP contribution in [0.25, 0.3) is 6.08 Å². The average molecular weight is 382 g/mol. The van der Waals surface area contributed by atoms with Crippen LogP contribution in [0.5, 0.6) is 0 Å². The van der Waals surface area contributed by atoms with E-state index in [1.807, 2.05) is 26.0 Å². The number of benzene rings is 2. The summed E-state index contributed by atoms with van der Waals surface area (Å²) in [4.78, 5) is 35.6. The molecule has 0 aliphatic rings. The zero-order chi connectivity index (χ0) is 20.7. The molecule has 2 aromatic carbocycles. The number of nitro groups is 1. The molecule has 0 heterocycles. The fourth-order valence-electron chi connectivity index (χ4n) is 2.53. The summed E-state index contributed by atoms with van der Waals surface area (Å²) >= 11 is 0. The van der Waals surface area contributed by atoms with Gasteiger partial charge < -0.3 is 9.64 Å². The highest BCUT2D eigenvalue weighted by atomic mass is 16.6. The third kappa shape index (κ3) is 6.05. The van der Waals surface area contributed by atoms with Crippen molar-refractivity contribution in [3.8, 4) is 0 Å². The van der Waals surface area contributed by atoms with Gasteiger partial charge in [-0.25, -0.2) is 4.79 Å². The summed E-state index contributed by atoms with van der Waals surface area (Å²) in [6, 6.07) is 11.7. The van der Waals surface area contributed by atoms with Crippen molar-refractivity contribution in [3.63, 3.8) is 0 Å². The molecule has 0 bridgehead atoms. The zero-order valence-electron chi connectivity index (χ0n) is 16.0. The van der Waals surface area contributed by atoms with Crippen LogP contribution in [-0.2, 0) is 20.9 Å². The first-order valence-electron chi connectivity index (χ1n) is 8.65. The Morgan fingerprint density at radius 1 is 1.14 bits per heavy atom. The van der Waals surface area contributed by atoms with E-state index in [1.54, 1.807) is 7.05 Å². The van der Waals surface area contributed by atoms with Gasteiger partial charge in [0.2, 0.25) is 0 Å². The quantitative estimate of drug-likeness (QED) is 0.317. The molecule has 28 heavy (non-hydrogen) atoms. The highest BCUT2D eigenvalue weighted by molar-refractivity contribution is 5.89. The summed E-state index contributed by atoms with van der Waals surface area (Å²) in [6.07, 6.45) is 2.65. The first kappa shape index (κ1) is 20.8. The number of rotatable bonds is 7. The number of carbonyl (C=O) groups excluding carboxylic acids is 2. The molecule has 2 rings (SSSR count). The SMILES string of the molecule is Cc1ccc(CN(C)C(=O)COC(=O)/C=C/c2ccc([N+](=O)[O-])cc2)c(C)c1. The van der Waals surface area contributed by atoms with Gasteiger partial charge in [0, 0.05) is 31.8 Å². The number of non-ortho nitro benzene ring substituents is 1. The van der Waals surface area contributed by atoms with Gasteiger partial charge in [0.05, 0.1) is 4.92 Å². The summed E-state index contributed by atoms with van der Waals surface area (Å²) in [5, 5.41) is 10.6. The normalized spacial score (nSPS) is 10.7. The molecular weight excluding hydrogens is 360 g/mol. The van der Waals surface area contributed by atoms with Crippen LogP contribution < -0.4 is 0 Å². The van der Waals surface area contributed by atoms with Crippen molar-refractivity contribution < 1.29 is 19.2 Å². The highest BCUT2D eigenvalue weighted by Crippen LogP contribution is 2.14. The van der Waals surface area contributed by atoms with Crippen molar-refractivity contribution in [2.45, 2.75) is 20.4 Å². The number of amides is 1. The molecule has 0 aromatic heterocycles. The maximum atomic E-state index is 12.2. The number of aryl methyl sites for hydroxylation is 2. The van der Waals surface area contributed by atoms with Gasteiger partial charge in [-0.3, -0.25) is 14.9 Å². The predicted octanol–water partition coefficient (Wildman–Crippen LogP) is 3.43. The van der Waals surface area contributed by atoms with E-state index in [9.17, 15) is 19.7 Å². The number of hydrogen-bond acceptors (Lipinski definition) is 5. The first-order chi connectivity index (χ1) is 13.3. The zero-order valence-corrected chi connectivity index (χ0v) is 16.0. The maximum Gasteiger partial charge on any atom is 0.331 e. The summed E-state index contributed by atoms with van der Waals surface area (Å²) in [5.74, 6) is -0.969. The molecule has 0 saturated carbocycles. The molecule has 7 nitrogen and oxygen atoms in total. The predicted molar refractivity (Wildman–Crippen MR) is 105 cm³/mol. The Morgan fingerprint density at radius 3 is 2.43 bits per heavy atom. The van der Waals surface area contributed by atoms with Crippen molar-refractivity contribution in [2.75, 3.05) is 13.7 Å². The van der Waals surface area contributed by atoms with Crippen LogP contribution in [0.4, 0.5) is 5.69 Å². The first-order valence-corrected chi connectivity index (χ1v) is 8.65. The van der Waals surface area contributed by atoms with Crippen molar-refractivity contribution in [1.82, 2.24) is 4.90 Å². The number of likely N-dealkylation sites (N-methyl/N-ethyl adjacent to an activating group) is 1. The number of esters is 1. The molecule has 0 unspecified atom stereocenters. The molecule has 0 spiro atoms. The van der Waals surface area contributed by atoms with E-state index < -0.39 is 10.9 Å². The molecular formula is C21H22N2O5. The van der Waals surface area contributed by atoms with Gasteiger partial charge in [-0.15, -0.1) is 0 Å². The summed E-state index contributed by atoms with van der Waals surface area (Å²) in [5.41, 5.74) is 3.87. The maximum absolute atomic E-state index is 12.2. The molecule has 7 heteroatoms. The minimum absolute atomic E-state index is 0.0304. The van der Waals surface area contributed by atoms with Crippen LogP contribution >= 0.6 is 0 Å². The Kier molecular flexibility index (Phi) is 7.03. The summed E-state index contributed by atoms with van der Waals surface area (Å²) in [6.45, 7) is 4.07. The number of carbonyl (C=O) groups is 2. The smallest absolute Gasteiger partial charge is 0.331 e. The third-order valence-electron chi connectivity index (χ3n) is 4.19. The largest absolute Gasteiger partial charge is 0.452 e. The molecule has 0 N–H and O–H groups in total. The van der Waals surface area contributed by atoms with Gasteiger partial charge in [-0.2, -0.15) is 0 Å². The molecule has 0 aliphatic carbocycles. The lowest BCUT2D eigenvalue weighted by Gasteiger charge is -2.18. The average Bonchev–Trinajstić information content (AvgIpc) is 2.66. The third-order valence-corrected chi connectivity index (χ3v) is 4.19. The molecule has 0 saturated heterocycles. The van der Waals surface area contributed by atoms with Crippen molar-refractivity contribution in [1.29, 1.82) is 0 Å². The van der Waals surface area contributed by atoms with E-state index in [2.05, 4.69) is 6.07 Å². The molecule has 0 fully saturated rings. The van der Waals surface area contributed by atoms with E-state index in [0.717, 1.165) is 16.7 Å². The van der Waals surface area contributed by atoms with E-state index in [4.69, 9.17) is 4.74 Å². The summed E-state index contributed by atoms with van der Waals surface area (Å²) in [7, 11) is 1.65. The van der Waals surface area contributed by atoms with Gasteiger partial charge >= 0.3 is 5.97 Å². The van der Waals surface area contributed by atoms with Crippen molar-refractivity contribution >= 4 is 23.6 Å². The van der Waals surface area contributed by atoms with E-state index in [-0.39, 0.29) is 18.2 Å². The molecule has 0 radical (unpaired) electrons. The van der Waals surface area contributed by atoms with E-state index >= 15 is 0 Å². The van der Waals surface area contributed by atoms with Gasteiger partial charge in [0.25, 0.3) is 11.6 Å². The van der Waals surface area contributed by atoms with Crippen molar-refractivity contribution in [3.05, 3.63) is 80.9 Å². The van der Waals surface area contributed by atoms with Crippen molar-refractivity contribution in [2.24, 2.45) is 0 Å². The Hall–Kier alpha value is -3.48. The van der Waals surface area contributed by atoms with Crippen LogP contribution in [0.3, 0.4) is 0 Å². The lowest BCUT2D eigenvalue weighted by atomic mass is 10.1. The van der Waals surface area contributed by atoms with Crippen LogP contribution in [-0.4, -0.2) is 35.4 Å². The molecule has 0 aliphatic heterocycles. The van der Waals surface area contributed by atoms with Crippen LogP contribution in [0.15, 0.2) is 48.5 Å². The van der Waals surface area contributed by atoms with E-state index in [0.29, 0.717) is 12.1 Å². The molecule has 146 valence electrons. The Balaban J connectivity index is 1.83. The fourth-order valence-corrected chi connectivity index (χ4v) is 2.53. The van der Waals surface area contributed by atoms with Crippen LogP contribution in [0.2, 0.25) is 0 Å².